The van der Waals surface area contributed by atoms with Crippen LogP contribution in [0.2, 0.25) is 0 Å². The van der Waals surface area contributed by atoms with Crippen molar-refractivity contribution in [3.05, 3.63) is 6.92 Å². The zero-order chi connectivity index (χ0) is 9.40. The van der Waals surface area contributed by atoms with Crippen molar-refractivity contribution in [2.45, 2.75) is 51.5 Å². The lowest BCUT2D eigenvalue weighted by Gasteiger charge is -2.27. The van der Waals surface area contributed by atoms with Crippen molar-refractivity contribution in [3.63, 3.8) is 0 Å². The van der Waals surface area contributed by atoms with Gasteiger partial charge in [0.1, 0.15) is 0 Å². The van der Waals surface area contributed by atoms with Crippen LogP contribution in [0.25, 0.3) is 0 Å². The molecule has 0 N–H and O–H groups in total. The number of hydrogen-bond donors (Lipinski definition) is 0. The molecule has 1 saturated carbocycles. The van der Waals surface area contributed by atoms with E-state index in [0.717, 1.165) is 12.5 Å². The summed E-state index contributed by atoms with van der Waals surface area (Å²) in [5.74, 6) is 0. The normalized spacial score (nSPS) is 18.8. The Morgan fingerprint density at radius 1 is 1.17 bits per heavy atom. The average Bonchev–Trinajstić information content (AvgIpc) is 2.07. The molecule has 1 rings (SSSR count). The molecule has 1 fully saturated rings. The summed E-state index contributed by atoms with van der Waals surface area (Å²) in [4.78, 5) is 2.36. The standard InChI is InChI=1S/C8H17N.C3H7/c1-9(2)8-6-4-3-5-7-8;1-3-2/h8H,3-7H2,1-2H3;1,3H2,2H3. The van der Waals surface area contributed by atoms with Crippen molar-refractivity contribution in [2.75, 3.05) is 14.1 Å². The van der Waals surface area contributed by atoms with Crippen LogP contribution in [0.15, 0.2) is 0 Å². The van der Waals surface area contributed by atoms with E-state index in [1.165, 1.54) is 32.1 Å². The van der Waals surface area contributed by atoms with Crippen LogP contribution in [0.1, 0.15) is 45.4 Å². The molecule has 12 heavy (non-hydrogen) atoms. The minimum Gasteiger partial charge on any atom is -0.306 e. The molecule has 0 saturated heterocycles. The molecule has 0 amide bonds. The van der Waals surface area contributed by atoms with Crippen LogP contribution in [0, 0.1) is 6.92 Å². The maximum atomic E-state index is 3.49. The van der Waals surface area contributed by atoms with E-state index in [9.17, 15) is 0 Å². The average molecular weight is 170 g/mol. The fraction of sp³-hybridized carbons (Fsp3) is 0.909. The summed E-state index contributed by atoms with van der Waals surface area (Å²) >= 11 is 0. The molecule has 0 bridgehead atoms. The summed E-state index contributed by atoms with van der Waals surface area (Å²) in [6.45, 7) is 5.50. The zero-order valence-electron chi connectivity index (χ0n) is 8.97. The Morgan fingerprint density at radius 2 is 1.58 bits per heavy atom. The van der Waals surface area contributed by atoms with Crippen LogP contribution < -0.4 is 0 Å². The molecular weight excluding hydrogens is 146 g/mol. The van der Waals surface area contributed by atoms with Gasteiger partial charge in [0.25, 0.3) is 0 Å². The van der Waals surface area contributed by atoms with Gasteiger partial charge in [-0.15, -0.1) is 0 Å². The topological polar surface area (TPSA) is 3.24 Å². The molecule has 0 atom stereocenters. The summed E-state index contributed by atoms with van der Waals surface area (Å²) in [6.07, 6.45) is 8.20. The highest BCUT2D eigenvalue weighted by Crippen LogP contribution is 2.20. The lowest BCUT2D eigenvalue weighted by atomic mass is 9.95. The Hall–Kier alpha value is -0.0400. The van der Waals surface area contributed by atoms with Crippen LogP contribution in [-0.4, -0.2) is 25.0 Å². The van der Waals surface area contributed by atoms with Crippen LogP contribution in [0.3, 0.4) is 0 Å². The molecule has 1 aliphatic rings. The Kier molecular flexibility index (Phi) is 7.58. The predicted octanol–water partition coefficient (Wildman–Crippen LogP) is 3.11. The molecule has 1 heteroatoms. The van der Waals surface area contributed by atoms with E-state index in [0.29, 0.717) is 0 Å². The second-order valence-electron chi connectivity index (χ2n) is 3.76. The molecule has 0 aromatic rings. The van der Waals surface area contributed by atoms with Crippen molar-refractivity contribution in [1.82, 2.24) is 4.90 Å². The monoisotopic (exact) mass is 170 g/mol. The van der Waals surface area contributed by atoms with Gasteiger partial charge in [0, 0.05) is 6.04 Å². The van der Waals surface area contributed by atoms with Gasteiger partial charge in [-0.2, -0.15) is 0 Å². The van der Waals surface area contributed by atoms with Crippen LogP contribution in [0.5, 0.6) is 0 Å². The highest BCUT2D eigenvalue weighted by atomic mass is 15.1. The van der Waals surface area contributed by atoms with E-state index in [1.807, 2.05) is 6.92 Å². The number of rotatable bonds is 1. The molecule has 0 unspecified atom stereocenters. The lowest BCUT2D eigenvalue weighted by Crippen LogP contribution is -2.29. The smallest absolute Gasteiger partial charge is 0.00891 e. The van der Waals surface area contributed by atoms with Crippen molar-refractivity contribution in [3.8, 4) is 0 Å². The van der Waals surface area contributed by atoms with E-state index >= 15 is 0 Å². The first-order valence-corrected chi connectivity index (χ1v) is 5.18. The van der Waals surface area contributed by atoms with Crippen LogP contribution in [-0.2, 0) is 0 Å². The molecule has 0 heterocycles. The van der Waals surface area contributed by atoms with Gasteiger partial charge in [-0.3, -0.25) is 0 Å². The van der Waals surface area contributed by atoms with Crippen LogP contribution in [0.4, 0.5) is 0 Å². The third-order valence-electron chi connectivity index (χ3n) is 2.30. The predicted molar refractivity (Wildman–Crippen MR) is 56.2 cm³/mol. The molecule has 73 valence electrons. The molecule has 1 radical (unpaired) electrons. The first-order chi connectivity index (χ1) is 5.72. The molecule has 1 aliphatic carbocycles. The summed E-state index contributed by atoms with van der Waals surface area (Å²) in [7, 11) is 4.38. The summed E-state index contributed by atoms with van der Waals surface area (Å²) in [6, 6.07) is 0.888. The number of nitrogens with zero attached hydrogens (tertiary/aromatic N) is 1. The molecule has 1 nitrogen and oxygen atoms in total. The second kappa shape index (κ2) is 7.60. The van der Waals surface area contributed by atoms with Gasteiger partial charge in [-0.1, -0.05) is 39.5 Å². The first kappa shape index (κ1) is 12.0. The summed E-state index contributed by atoms with van der Waals surface area (Å²) < 4.78 is 0. The van der Waals surface area contributed by atoms with E-state index < -0.39 is 0 Å². The molecule has 0 aromatic carbocycles. The van der Waals surface area contributed by atoms with Gasteiger partial charge in [0.15, 0.2) is 0 Å². The number of hydrogen-bond acceptors (Lipinski definition) is 1. The lowest BCUT2D eigenvalue weighted by molar-refractivity contribution is 0.229. The fourth-order valence-corrected chi connectivity index (χ4v) is 1.60. The highest BCUT2D eigenvalue weighted by Gasteiger charge is 2.13. The van der Waals surface area contributed by atoms with Crippen molar-refractivity contribution >= 4 is 0 Å². The van der Waals surface area contributed by atoms with E-state index in [4.69, 9.17) is 0 Å². The quantitative estimate of drug-likeness (QED) is 0.584. The van der Waals surface area contributed by atoms with Gasteiger partial charge in [-0.05, 0) is 26.9 Å². The van der Waals surface area contributed by atoms with Gasteiger partial charge in [0.2, 0.25) is 0 Å². The summed E-state index contributed by atoms with van der Waals surface area (Å²) in [5.41, 5.74) is 0. The highest BCUT2D eigenvalue weighted by molar-refractivity contribution is 4.70. The zero-order valence-corrected chi connectivity index (χ0v) is 8.97. The van der Waals surface area contributed by atoms with Gasteiger partial charge in [0.05, 0.1) is 0 Å². The maximum absolute atomic E-state index is 3.49. The Bertz CT molecular complexity index is 83.0. The molecule has 0 spiro atoms. The summed E-state index contributed by atoms with van der Waals surface area (Å²) in [5, 5.41) is 0. The minimum atomic E-state index is 0.888. The van der Waals surface area contributed by atoms with E-state index in [1.54, 1.807) is 0 Å². The van der Waals surface area contributed by atoms with E-state index in [2.05, 4.69) is 25.9 Å². The minimum absolute atomic E-state index is 0.888. The molecular formula is C11H24N. The van der Waals surface area contributed by atoms with Crippen molar-refractivity contribution < 1.29 is 0 Å². The fourth-order valence-electron chi connectivity index (χ4n) is 1.60. The van der Waals surface area contributed by atoms with Gasteiger partial charge in [-0.25, -0.2) is 0 Å². The Balaban J connectivity index is 0.000000354. The first-order valence-electron chi connectivity index (χ1n) is 5.18. The van der Waals surface area contributed by atoms with E-state index in [-0.39, 0.29) is 0 Å². The molecule has 0 aromatic heterocycles. The maximum Gasteiger partial charge on any atom is 0.00891 e. The molecule has 0 aliphatic heterocycles. The third kappa shape index (κ3) is 5.59. The van der Waals surface area contributed by atoms with Gasteiger partial charge < -0.3 is 4.90 Å². The Morgan fingerprint density at radius 3 is 1.83 bits per heavy atom. The van der Waals surface area contributed by atoms with Crippen LogP contribution >= 0.6 is 0 Å². The van der Waals surface area contributed by atoms with Gasteiger partial charge >= 0.3 is 0 Å². The SMILES string of the molecule is CN(C)C1CCCCC1.[CH2]CC. The van der Waals surface area contributed by atoms with Crippen molar-refractivity contribution in [1.29, 1.82) is 0 Å². The van der Waals surface area contributed by atoms with Crippen molar-refractivity contribution in [2.24, 2.45) is 0 Å². The second-order valence-corrected chi connectivity index (χ2v) is 3.76. The third-order valence-corrected chi connectivity index (χ3v) is 2.30. The largest absolute Gasteiger partial charge is 0.306 e. The Labute approximate surface area is 78.1 Å².